The van der Waals surface area contributed by atoms with Gasteiger partial charge in [-0.3, -0.25) is 4.79 Å². The summed E-state index contributed by atoms with van der Waals surface area (Å²) in [4.78, 5) is 12.3. The van der Waals surface area contributed by atoms with Gasteiger partial charge in [0.15, 0.2) is 11.5 Å². The molecule has 32 heavy (non-hydrogen) atoms. The van der Waals surface area contributed by atoms with Crippen molar-refractivity contribution in [3.63, 3.8) is 0 Å². The van der Waals surface area contributed by atoms with E-state index >= 15 is 0 Å². The van der Waals surface area contributed by atoms with Crippen molar-refractivity contribution in [3.05, 3.63) is 52.5 Å². The summed E-state index contributed by atoms with van der Waals surface area (Å²) in [5.74, 6) is -1.25. The van der Waals surface area contributed by atoms with Crippen molar-refractivity contribution < 1.29 is 36.9 Å². The summed E-state index contributed by atoms with van der Waals surface area (Å²) in [6.07, 6.45) is -7.02. The molecular formula is C21H19ClF3NO5S. The number of hydrogen-bond donors (Lipinski definition) is 1. The second-order valence-corrected chi connectivity index (χ2v) is 7.54. The molecule has 0 aromatic heterocycles. The van der Waals surface area contributed by atoms with Gasteiger partial charge < -0.3 is 24.3 Å². The number of benzene rings is 2. The first kappa shape index (κ1) is 24.1. The van der Waals surface area contributed by atoms with Gasteiger partial charge >= 0.3 is 12.3 Å². The molecule has 0 unspecified atom stereocenters. The minimum atomic E-state index is -4.92. The third-order valence-corrected chi connectivity index (χ3v) is 5.13. The lowest BCUT2D eigenvalue weighted by Crippen LogP contribution is -2.31. The lowest BCUT2D eigenvalue weighted by atomic mass is 9.98. The van der Waals surface area contributed by atoms with Crippen LogP contribution in [0.2, 0.25) is 5.02 Å². The van der Waals surface area contributed by atoms with Crippen LogP contribution in [-0.2, 0) is 14.3 Å². The van der Waals surface area contributed by atoms with E-state index in [2.05, 4.69) is 10.1 Å². The highest BCUT2D eigenvalue weighted by Crippen LogP contribution is 2.45. The lowest BCUT2D eigenvalue weighted by molar-refractivity contribution is -0.275. The fourth-order valence-corrected chi connectivity index (χ4v) is 3.72. The summed E-state index contributed by atoms with van der Waals surface area (Å²) < 4.78 is 59.3. The van der Waals surface area contributed by atoms with Crippen LogP contribution in [0.3, 0.4) is 0 Å². The van der Waals surface area contributed by atoms with Crippen LogP contribution in [-0.4, -0.2) is 37.1 Å². The van der Waals surface area contributed by atoms with E-state index in [-0.39, 0.29) is 29.3 Å². The number of fused-ring (bicyclic) bond motifs is 1. The van der Waals surface area contributed by atoms with Crippen molar-refractivity contribution in [1.29, 1.82) is 0 Å². The predicted molar refractivity (Wildman–Crippen MR) is 115 cm³/mol. The van der Waals surface area contributed by atoms with Gasteiger partial charge in [0, 0.05) is 21.8 Å². The van der Waals surface area contributed by atoms with E-state index in [1.807, 2.05) is 0 Å². The van der Waals surface area contributed by atoms with E-state index in [0.29, 0.717) is 16.3 Å². The Morgan fingerprint density at radius 2 is 2.00 bits per heavy atom. The molecule has 2 aromatic rings. The summed E-state index contributed by atoms with van der Waals surface area (Å²) in [5, 5.41) is 3.40. The molecule has 0 aliphatic carbocycles. The zero-order chi connectivity index (χ0) is 23.5. The van der Waals surface area contributed by atoms with Crippen LogP contribution in [0.4, 0.5) is 18.9 Å². The van der Waals surface area contributed by atoms with Gasteiger partial charge in [-0.15, -0.1) is 13.2 Å². The zero-order valence-corrected chi connectivity index (χ0v) is 18.6. The van der Waals surface area contributed by atoms with Crippen LogP contribution in [0, 0.1) is 0 Å². The zero-order valence-electron chi connectivity index (χ0n) is 17.0. The maximum absolute atomic E-state index is 12.9. The van der Waals surface area contributed by atoms with Gasteiger partial charge in [-0.2, -0.15) is 0 Å². The first-order valence-corrected chi connectivity index (χ1v) is 10.3. The van der Waals surface area contributed by atoms with E-state index in [4.69, 9.17) is 38.0 Å². The number of hydrogen-bond acceptors (Lipinski definition) is 6. The molecular weight excluding hydrogens is 471 g/mol. The fourth-order valence-electron chi connectivity index (χ4n) is 3.29. The molecule has 0 saturated carbocycles. The van der Waals surface area contributed by atoms with Crippen LogP contribution in [0.25, 0.3) is 0 Å². The van der Waals surface area contributed by atoms with E-state index in [9.17, 15) is 18.0 Å². The average Bonchev–Trinajstić information content (AvgIpc) is 2.83. The minimum absolute atomic E-state index is 0.176. The molecule has 2 atom stereocenters. The topological polar surface area (TPSA) is 66.0 Å². The number of alkyl halides is 3. The van der Waals surface area contributed by atoms with Crippen molar-refractivity contribution >= 4 is 40.5 Å². The fraction of sp³-hybridized carbons (Fsp3) is 0.333. The molecule has 6 nitrogen and oxygen atoms in total. The molecule has 1 aliphatic heterocycles. The molecule has 3 rings (SSSR count). The molecule has 0 fully saturated rings. The van der Waals surface area contributed by atoms with Crippen molar-refractivity contribution in [3.8, 4) is 11.5 Å². The molecule has 1 N–H and O–H groups in total. The van der Waals surface area contributed by atoms with Crippen LogP contribution in [0.15, 0.2) is 36.4 Å². The molecule has 11 heteroatoms. The van der Waals surface area contributed by atoms with E-state index in [1.165, 1.54) is 19.2 Å². The number of carbonyl (C=O) groups is 1. The molecule has 2 aromatic carbocycles. The van der Waals surface area contributed by atoms with Gasteiger partial charge in [0.2, 0.25) is 0 Å². The van der Waals surface area contributed by atoms with Crippen molar-refractivity contribution in [2.24, 2.45) is 0 Å². The average molecular weight is 490 g/mol. The van der Waals surface area contributed by atoms with Gasteiger partial charge in [-0.1, -0.05) is 36.0 Å². The Kier molecular flexibility index (Phi) is 7.47. The van der Waals surface area contributed by atoms with Gasteiger partial charge in [-0.25, -0.2) is 0 Å². The second kappa shape index (κ2) is 9.93. The van der Waals surface area contributed by atoms with Gasteiger partial charge in [0.05, 0.1) is 20.1 Å². The molecule has 1 aliphatic rings. The minimum Gasteiger partial charge on any atom is -0.492 e. The van der Waals surface area contributed by atoms with E-state index in [1.54, 1.807) is 25.1 Å². The Bertz CT molecular complexity index is 1020. The number of esters is 1. The Morgan fingerprint density at radius 1 is 1.25 bits per heavy atom. The molecule has 1 heterocycles. The third kappa shape index (κ3) is 5.62. The van der Waals surface area contributed by atoms with Crippen molar-refractivity contribution in [2.45, 2.75) is 31.9 Å². The number of ether oxygens (including phenoxy) is 4. The monoisotopic (exact) mass is 489 g/mol. The normalized spacial score (nSPS) is 18.2. The number of carbonyl (C=O) groups excluding carboxylic acids is 1. The molecule has 0 bridgehead atoms. The lowest BCUT2D eigenvalue weighted by Gasteiger charge is -2.25. The molecule has 0 saturated heterocycles. The first-order valence-electron chi connectivity index (χ1n) is 9.47. The summed E-state index contributed by atoms with van der Waals surface area (Å²) >= 11 is 11.6. The highest BCUT2D eigenvalue weighted by molar-refractivity contribution is 7.80. The maximum Gasteiger partial charge on any atom is 0.573 e. The van der Waals surface area contributed by atoms with Gasteiger partial charge in [0.25, 0.3) is 0 Å². The highest BCUT2D eigenvalue weighted by Gasteiger charge is 2.36. The quantitative estimate of drug-likeness (QED) is 0.429. The standard InChI is InChI=1S/C21H19ClF3NO5S/c1-3-29-17(27)10-16-20(32)26-14-8-7-11(22)9-13(14)18(30-16)12-5-4-6-15(19(12)28-2)31-21(23,24)25/h4-9,16,18H,3,10H2,1-2H3,(H,26,32)/t16-,18-/m0/s1. The third-order valence-electron chi connectivity index (χ3n) is 4.53. The molecule has 0 amide bonds. The SMILES string of the molecule is CCOC(=O)C[C@@H]1O[C@@H](c2cccc(OC(F)(F)F)c2OC)c2cc(Cl)ccc2NC1=S. The van der Waals surface area contributed by atoms with Crippen LogP contribution >= 0.6 is 23.8 Å². The van der Waals surface area contributed by atoms with Crippen molar-refractivity contribution in [1.82, 2.24) is 0 Å². The number of thiocarbonyl (C=S) groups is 1. The summed E-state index contributed by atoms with van der Waals surface area (Å²) in [5.41, 5.74) is 1.26. The number of rotatable bonds is 6. The van der Waals surface area contributed by atoms with Crippen LogP contribution in [0.5, 0.6) is 11.5 Å². The number of methoxy groups -OCH3 is 1. The summed E-state index contributed by atoms with van der Waals surface area (Å²) in [6, 6.07) is 8.93. The molecule has 0 radical (unpaired) electrons. The number of anilines is 1. The smallest absolute Gasteiger partial charge is 0.492 e. The number of halogens is 4. The molecule has 0 spiro atoms. The van der Waals surface area contributed by atoms with Crippen LogP contribution in [0.1, 0.15) is 30.6 Å². The Hall–Kier alpha value is -2.56. The first-order chi connectivity index (χ1) is 15.1. The van der Waals surface area contributed by atoms with Crippen LogP contribution < -0.4 is 14.8 Å². The Morgan fingerprint density at radius 3 is 2.66 bits per heavy atom. The second-order valence-electron chi connectivity index (χ2n) is 6.66. The predicted octanol–water partition coefficient (Wildman–Crippen LogP) is 5.43. The number of para-hydroxylation sites is 1. The van der Waals surface area contributed by atoms with Gasteiger partial charge in [-0.05, 0) is 31.2 Å². The van der Waals surface area contributed by atoms with E-state index in [0.717, 1.165) is 6.07 Å². The summed E-state index contributed by atoms with van der Waals surface area (Å²) in [6.45, 7) is 1.84. The Labute approximate surface area is 192 Å². The summed E-state index contributed by atoms with van der Waals surface area (Å²) in [7, 11) is 1.22. The van der Waals surface area contributed by atoms with Crippen molar-refractivity contribution in [2.75, 3.05) is 19.0 Å². The Balaban J connectivity index is 2.11. The molecule has 172 valence electrons. The highest BCUT2D eigenvalue weighted by atomic mass is 35.5. The maximum atomic E-state index is 12.9. The largest absolute Gasteiger partial charge is 0.573 e. The number of nitrogens with one attached hydrogen (secondary N) is 1. The van der Waals surface area contributed by atoms with Gasteiger partial charge in [0.1, 0.15) is 17.2 Å². The van der Waals surface area contributed by atoms with E-state index < -0.39 is 30.3 Å².